The summed E-state index contributed by atoms with van der Waals surface area (Å²) >= 11 is 5.35. The summed E-state index contributed by atoms with van der Waals surface area (Å²) in [5.41, 5.74) is 1.01. The first kappa shape index (κ1) is 25.0. The third kappa shape index (κ3) is 8.06. The van der Waals surface area contributed by atoms with Crippen molar-refractivity contribution in [2.45, 2.75) is 6.92 Å². The number of anilines is 1. The zero-order chi connectivity index (χ0) is 24.0. The average Bonchev–Trinajstić information content (AvgIpc) is 2.86. The lowest BCUT2D eigenvalue weighted by Gasteiger charge is -2.15. The second-order valence-corrected chi connectivity index (χ2v) is 7.36. The lowest BCUT2D eigenvalue weighted by atomic mass is 10.2. The lowest BCUT2D eigenvalue weighted by molar-refractivity contribution is 0.0972. The number of carbonyl (C=O) groups is 1. The molecule has 0 heterocycles. The molecule has 3 aromatic rings. The van der Waals surface area contributed by atoms with E-state index < -0.39 is 0 Å². The third-order valence-corrected chi connectivity index (χ3v) is 4.74. The Morgan fingerprint density at radius 1 is 0.765 bits per heavy atom. The van der Waals surface area contributed by atoms with Gasteiger partial charge in [0.1, 0.15) is 37.1 Å². The number of hydrogen-bond acceptors (Lipinski definition) is 6. The van der Waals surface area contributed by atoms with Gasteiger partial charge in [-0.2, -0.15) is 0 Å². The highest BCUT2D eigenvalue weighted by atomic mass is 32.1. The van der Waals surface area contributed by atoms with E-state index in [1.807, 2.05) is 61.5 Å². The van der Waals surface area contributed by atoms with Gasteiger partial charge in [0.2, 0.25) is 0 Å². The third-order valence-electron chi connectivity index (χ3n) is 4.54. The van der Waals surface area contributed by atoms with E-state index in [4.69, 9.17) is 31.2 Å². The molecular weight excluding hydrogens is 452 g/mol. The van der Waals surface area contributed by atoms with E-state index in [0.29, 0.717) is 49.2 Å². The number of benzene rings is 3. The first-order valence-corrected chi connectivity index (χ1v) is 11.4. The molecule has 34 heavy (non-hydrogen) atoms. The van der Waals surface area contributed by atoms with Gasteiger partial charge in [-0.15, -0.1) is 0 Å². The Labute approximate surface area is 205 Å². The van der Waals surface area contributed by atoms with Gasteiger partial charge in [0.05, 0.1) is 17.9 Å². The maximum atomic E-state index is 12.9. The number of thiocarbonyl (C=S) groups is 1. The molecule has 0 unspecified atom stereocenters. The Hall–Kier alpha value is -3.62. The number of rotatable bonds is 12. The average molecular weight is 481 g/mol. The van der Waals surface area contributed by atoms with Crippen molar-refractivity contribution in [3.05, 3.63) is 84.4 Å². The number of ether oxygens (including phenoxy) is 4. The first-order chi connectivity index (χ1) is 16.7. The molecule has 0 radical (unpaired) electrons. The predicted octanol–water partition coefficient (Wildman–Crippen LogP) is 4.69. The van der Waals surface area contributed by atoms with Crippen LogP contribution in [0, 0.1) is 0 Å². The van der Waals surface area contributed by atoms with Crippen LogP contribution in [0.1, 0.15) is 17.3 Å². The number of hydrogen-bond donors (Lipinski definition) is 2. The fraction of sp³-hybridized carbons (Fsp3) is 0.231. The SMILES string of the molecule is CCOCCOc1ccccc1NC(=S)NC(=O)c1ccccc1OCCOc1ccccc1. The van der Waals surface area contributed by atoms with Crippen LogP contribution in [-0.2, 0) is 4.74 Å². The standard InChI is InChI=1S/C26H28N2O5S/c1-2-30-16-17-33-24-15-9-7-13-22(24)27-26(34)28-25(29)21-12-6-8-14-23(21)32-19-18-31-20-10-4-3-5-11-20/h3-15H,2,16-19H2,1H3,(H2,27,28,29,34). The van der Waals surface area contributed by atoms with Gasteiger partial charge < -0.3 is 24.3 Å². The molecule has 0 bridgehead atoms. The van der Waals surface area contributed by atoms with Crippen molar-refractivity contribution < 1.29 is 23.7 Å². The maximum absolute atomic E-state index is 12.9. The molecule has 0 atom stereocenters. The number of para-hydroxylation sites is 4. The van der Waals surface area contributed by atoms with Crippen LogP contribution in [-0.4, -0.2) is 44.1 Å². The molecule has 0 spiro atoms. The van der Waals surface area contributed by atoms with E-state index in [0.717, 1.165) is 5.75 Å². The van der Waals surface area contributed by atoms with Crippen molar-refractivity contribution >= 4 is 28.9 Å². The molecule has 178 valence electrons. The second kappa shape index (κ2) is 13.8. The molecule has 0 aliphatic carbocycles. The molecule has 0 saturated carbocycles. The van der Waals surface area contributed by atoms with Gasteiger partial charge in [-0.3, -0.25) is 10.1 Å². The highest BCUT2D eigenvalue weighted by molar-refractivity contribution is 7.80. The van der Waals surface area contributed by atoms with Gasteiger partial charge in [-0.05, 0) is 55.5 Å². The van der Waals surface area contributed by atoms with Crippen molar-refractivity contribution in [1.29, 1.82) is 0 Å². The first-order valence-electron chi connectivity index (χ1n) is 11.0. The molecular formula is C26H28N2O5S. The predicted molar refractivity (Wildman–Crippen MR) is 136 cm³/mol. The van der Waals surface area contributed by atoms with Crippen LogP contribution in [0.5, 0.6) is 17.2 Å². The zero-order valence-corrected chi connectivity index (χ0v) is 19.8. The molecule has 0 aliphatic heterocycles. The van der Waals surface area contributed by atoms with Gasteiger partial charge in [0.15, 0.2) is 5.11 Å². The van der Waals surface area contributed by atoms with E-state index in [9.17, 15) is 4.79 Å². The molecule has 0 saturated heterocycles. The highest BCUT2D eigenvalue weighted by Crippen LogP contribution is 2.24. The van der Waals surface area contributed by atoms with Crippen molar-refractivity contribution in [3.8, 4) is 17.2 Å². The molecule has 1 amide bonds. The Morgan fingerprint density at radius 2 is 1.38 bits per heavy atom. The summed E-state index contributed by atoms with van der Waals surface area (Å²) < 4.78 is 22.5. The van der Waals surface area contributed by atoms with Crippen LogP contribution in [0.15, 0.2) is 78.9 Å². The van der Waals surface area contributed by atoms with Gasteiger partial charge in [0, 0.05) is 6.61 Å². The summed E-state index contributed by atoms with van der Waals surface area (Å²) in [4.78, 5) is 12.9. The van der Waals surface area contributed by atoms with Crippen molar-refractivity contribution in [1.82, 2.24) is 5.32 Å². The monoisotopic (exact) mass is 480 g/mol. The van der Waals surface area contributed by atoms with Crippen LogP contribution in [0.4, 0.5) is 5.69 Å². The molecule has 7 nitrogen and oxygen atoms in total. The Kier molecular flexibility index (Phi) is 10.2. The van der Waals surface area contributed by atoms with Crippen molar-refractivity contribution in [2.75, 3.05) is 38.4 Å². The highest BCUT2D eigenvalue weighted by Gasteiger charge is 2.14. The van der Waals surface area contributed by atoms with E-state index in [1.165, 1.54) is 0 Å². The fourth-order valence-electron chi connectivity index (χ4n) is 2.98. The maximum Gasteiger partial charge on any atom is 0.261 e. The Balaban J connectivity index is 1.53. The normalized spacial score (nSPS) is 10.3. The smallest absolute Gasteiger partial charge is 0.261 e. The molecule has 2 N–H and O–H groups in total. The van der Waals surface area contributed by atoms with Crippen LogP contribution >= 0.6 is 12.2 Å². The summed E-state index contributed by atoms with van der Waals surface area (Å²) in [5.74, 6) is 1.43. The van der Waals surface area contributed by atoms with E-state index in [2.05, 4.69) is 10.6 Å². The van der Waals surface area contributed by atoms with E-state index in [-0.39, 0.29) is 17.6 Å². The molecule has 8 heteroatoms. The largest absolute Gasteiger partial charge is 0.490 e. The van der Waals surface area contributed by atoms with Gasteiger partial charge in [-0.25, -0.2) is 0 Å². The topological polar surface area (TPSA) is 78.1 Å². The van der Waals surface area contributed by atoms with E-state index in [1.54, 1.807) is 24.3 Å². The van der Waals surface area contributed by atoms with Gasteiger partial charge in [-0.1, -0.05) is 42.5 Å². The van der Waals surface area contributed by atoms with Gasteiger partial charge >= 0.3 is 0 Å². The van der Waals surface area contributed by atoms with Crippen molar-refractivity contribution in [2.24, 2.45) is 0 Å². The zero-order valence-electron chi connectivity index (χ0n) is 19.0. The summed E-state index contributed by atoms with van der Waals surface area (Å²) in [6, 6.07) is 23.8. The molecule has 0 aliphatic rings. The second-order valence-electron chi connectivity index (χ2n) is 6.96. The van der Waals surface area contributed by atoms with Crippen molar-refractivity contribution in [3.63, 3.8) is 0 Å². The molecule has 3 rings (SSSR count). The van der Waals surface area contributed by atoms with Crippen LogP contribution in [0.2, 0.25) is 0 Å². The van der Waals surface area contributed by atoms with E-state index >= 15 is 0 Å². The summed E-state index contributed by atoms with van der Waals surface area (Å²) in [7, 11) is 0. The minimum absolute atomic E-state index is 0.146. The number of amides is 1. The Morgan fingerprint density at radius 3 is 2.18 bits per heavy atom. The van der Waals surface area contributed by atoms with Crippen LogP contribution in [0.25, 0.3) is 0 Å². The van der Waals surface area contributed by atoms with Crippen LogP contribution in [0.3, 0.4) is 0 Å². The molecule has 0 fully saturated rings. The molecule has 0 aromatic heterocycles. The minimum atomic E-state index is -0.383. The lowest BCUT2D eigenvalue weighted by Crippen LogP contribution is -2.34. The Bertz CT molecular complexity index is 1060. The summed E-state index contributed by atoms with van der Waals surface area (Å²) in [6.45, 7) is 4.08. The minimum Gasteiger partial charge on any atom is -0.490 e. The quantitative estimate of drug-likeness (QED) is 0.288. The number of nitrogens with one attached hydrogen (secondary N) is 2. The number of carbonyl (C=O) groups excluding carboxylic acids is 1. The molecule has 3 aromatic carbocycles. The fourth-order valence-corrected chi connectivity index (χ4v) is 3.19. The van der Waals surface area contributed by atoms with Crippen LogP contribution < -0.4 is 24.8 Å². The summed E-state index contributed by atoms with van der Waals surface area (Å²) in [6.07, 6.45) is 0. The summed E-state index contributed by atoms with van der Waals surface area (Å²) in [5, 5.41) is 5.86. The van der Waals surface area contributed by atoms with Gasteiger partial charge in [0.25, 0.3) is 5.91 Å².